The molecule has 4 N–H and O–H groups in total. The summed E-state index contributed by atoms with van der Waals surface area (Å²) in [5.74, 6) is 6.73. The van der Waals surface area contributed by atoms with Crippen LogP contribution in [0.3, 0.4) is 0 Å². The first kappa shape index (κ1) is 26.8. The molecule has 2 aliphatic heterocycles. The fourth-order valence-corrected chi connectivity index (χ4v) is 10.5. The van der Waals surface area contributed by atoms with Crippen LogP contribution in [0, 0.1) is 41.4 Å². The Labute approximate surface area is 228 Å². The number of allylic oxidation sites excluding steroid dienone is 1. The zero-order chi connectivity index (χ0) is 25.5. The Balaban J connectivity index is 1.05. The number of rotatable bonds is 8. The normalized spacial score (nSPS) is 47.1. The standard InChI is InChI=1S/C33H58N4/c1-21-10-13-29(22(2)17-21)35-23(3)30-14-15-32(36-30)37-20-28-31(37)19-26(9-6-16-34)33(28)27-12-11-24-7-4-5-8-25(24)18-27/h17,22-33,35-36H,4-16,18-20,34H2,1-3H3. The van der Waals surface area contributed by atoms with E-state index in [0.29, 0.717) is 30.2 Å². The Morgan fingerprint density at radius 3 is 2.65 bits per heavy atom. The van der Waals surface area contributed by atoms with Crippen LogP contribution < -0.4 is 16.4 Å². The van der Waals surface area contributed by atoms with E-state index in [4.69, 9.17) is 5.73 Å². The lowest BCUT2D eigenvalue weighted by Crippen LogP contribution is -2.63. The Bertz CT molecular complexity index is 795. The lowest BCUT2D eigenvalue weighted by molar-refractivity contribution is -0.0458. The summed E-state index contributed by atoms with van der Waals surface area (Å²) in [5.41, 5.74) is 7.61. The Hall–Kier alpha value is -0.420. The highest BCUT2D eigenvalue weighted by molar-refractivity contribution is 5.11. The van der Waals surface area contributed by atoms with Crippen LogP contribution >= 0.6 is 0 Å². The number of nitrogens with zero attached hydrogens (tertiary/aromatic N) is 1. The topological polar surface area (TPSA) is 53.3 Å². The summed E-state index contributed by atoms with van der Waals surface area (Å²) in [7, 11) is 0. The van der Waals surface area contributed by atoms with E-state index in [1.54, 1.807) is 18.4 Å². The molecule has 5 fully saturated rings. The average Bonchev–Trinajstić information content (AvgIpc) is 3.48. The predicted octanol–water partition coefficient (Wildman–Crippen LogP) is 6.07. The fourth-order valence-electron chi connectivity index (χ4n) is 10.5. The minimum Gasteiger partial charge on any atom is -0.330 e. The lowest BCUT2D eigenvalue weighted by Gasteiger charge is -2.52. The van der Waals surface area contributed by atoms with Crippen molar-refractivity contribution in [2.75, 3.05) is 13.1 Å². The maximum Gasteiger partial charge on any atom is 0.0603 e. The van der Waals surface area contributed by atoms with Crippen LogP contribution in [-0.2, 0) is 0 Å². The maximum absolute atomic E-state index is 6.03. The van der Waals surface area contributed by atoms with E-state index in [0.717, 1.165) is 48.1 Å². The van der Waals surface area contributed by atoms with Gasteiger partial charge < -0.3 is 11.1 Å². The van der Waals surface area contributed by atoms with E-state index in [-0.39, 0.29) is 0 Å². The van der Waals surface area contributed by atoms with Gasteiger partial charge in [0.25, 0.3) is 0 Å². The van der Waals surface area contributed by atoms with Crippen molar-refractivity contribution < 1.29 is 0 Å². The monoisotopic (exact) mass is 510 g/mol. The van der Waals surface area contributed by atoms with E-state index in [1.165, 1.54) is 83.6 Å². The highest BCUT2D eigenvalue weighted by atomic mass is 15.4. The van der Waals surface area contributed by atoms with Crippen molar-refractivity contribution in [1.29, 1.82) is 0 Å². The summed E-state index contributed by atoms with van der Waals surface area (Å²) in [5, 5.41) is 8.17. The highest BCUT2D eigenvalue weighted by Gasteiger charge is 2.57. The van der Waals surface area contributed by atoms with Gasteiger partial charge in [-0.3, -0.25) is 10.2 Å². The van der Waals surface area contributed by atoms with Gasteiger partial charge in [-0.1, -0.05) is 44.3 Å². The van der Waals surface area contributed by atoms with Gasteiger partial charge in [0.2, 0.25) is 0 Å². The second kappa shape index (κ2) is 11.6. The smallest absolute Gasteiger partial charge is 0.0603 e. The van der Waals surface area contributed by atoms with Gasteiger partial charge in [-0.25, -0.2) is 0 Å². The molecular formula is C33H58N4. The Morgan fingerprint density at radius 1 is 1.03 bits per heavy atom. The quantitative estimate of drug-likeness (QED) is 0.347. The molecule has 0 bridgehead atoms. The summed E-state index contributed by atoms with van der Waals surface area (Å²) in [6.45, 7) is 9.39. The first-order valence-corrected chi connectivity index (χ1v) is 16.7. The van der Waals surface area contributed by atoms with Crippen LogP contribution in [0.1, 0.15) is 111 Å². The molecule has 6 aliphatic rings. The zero-order valence-electron chi connectivity index (χ0n) is 24.3. The average molecular weight is 511 g/mol. The molecule has 0 radical (unpaired) electrons. The van der Waals surface area contributed by atoms with Gasteiger partial charge >= 0.3 is 0 Å². The van der Waals surface area contributed by atoms with Crippen molar-refractivity contribution in [3.63, 3.8) is 0 Å². The summed E-state index contributed by atoms with van der Waals surface area (Å²) in [6.07, 6.45) is 23.2. The summed E-state index contributed by atoms with van der Waals surface area (Å²) >= 11 is 0. The minimum atomic E-state index is 0.556. The van der Waals surface area contributed by atoms with Gasteiger partial charge in [0.1, 0.15) is 0 Å². The number of hydrogen-bond donors (Lipinski definition) is 3. The summed E-state index contributed by atoms with van der Waals surface area (Å²) in [4.78, 5) is 2.93. The molecule has 0 aromatic heterocycles. The summed E-state index contributed by atoms with van der Waals surface area (Å²) in [6, 6.07) is 2.67. The van der Waals surface area contributed by atoms with Gasteiger partial charge in [-0.15, -0.1) is 0 Å². The molecule has 2 heterocycles. The Morgan fingerprint density at radius 2 is 1.84 bits per heavy atom. The third kappa shape index (κ3) is 5.48. The van der Waals surface area contributed by atoms with Crippen molar-refractivity contribution in [2.24, 2.45) is 47.2 Å². The molecule has 0 amide bonds. The second-order valence-corrected chi connectivity index (χ2v) is 14.6. The maximum atomic E-state index is 6.03. The second-order valence-electron chi connectivity index (χ2n) is 14.6. The van der Waals surface area contributed by atoms with Crippen LogP contribution in [0.2, 0.25) is 0 Å². The number of hydrogen-bond acceptors (Lipinski definition) is 4. The summed E-state index contributed by atoms with van der Waals surface area (Å²) < 4.78 is 0. The minimum absolute atomic E-state index is 0.556. The van der Waals surface area contributed by atoms with Crippen LogP contribution in [0.4, 0.5) is 0 Å². The molecule has 0 spiro atoms. The number of nitrogens with one attached hydrogen (secondary N) is 2. The number of nitrogens with two attached hydrogens (primary N) is 1. The van der Waals surface area contributed by atoms with Crippen molar-refractivity contribution in [3.05, 3.63) is 11.6 Å². The van der Waals surface area contributed by atoms with Gasteiger partial charge in [0.05, 0.1) is 6.17 Å². The van der Waals surface area contributed by atoms with Crippen LogP contribution in [0.15, 0.2) is 11.6 Å². The molecule has 4 aliphatic carbocycles. The first-order chi connectivity index (χ1) is 18.0. The zero-order valence-corrected chi connectivity index (χ0v) is 24.3. The van der Waals surface area contributed by atoms with Gasteiger partial charge in [0, 0.05) is 30.7 Å². The van der Waals surface area contributed by atoms with Gasteiger partial charge in [0.15, 0.2) is 0 Å². The Kier molecular flexibility index (Phi) is 8.39. The molecule has 0 aromatic carbocycles. The lowest BCUT2D eigenvalue weighted by atomic mass is 9.61. The third-order valence-corrected chi connectivity index (χ3v) is 12.5. The molecule has 12 unspecified atom stereocenters. The van der Waals surface area contributed by atoms with E-state index in [1.807, 2.05) is 0 Å². The molecule has 210 valence electrons. The van der Waals surface area contributed by atoms with Crippen LogP contribution in [0.5, 0.6) is 0 Å². The predicted molar refractivity (Wildman–Crippen MR) is 155 cm³/mol. The fraction of sp³-hybridized carbons (Fsp3) is 0.939. The van der Waals surface area contributed by atoms with Crippen molar-refractivity contribution in [3.8, 4) is 0 Å². The molecular weight excluding hydrogens is 452 g/mol. The molecule has 2 saturated heterocycles. The van der Waals surface area contributed by atoms with Crippen molar-refractivity contribution in [1.82, 2.24) is 15.5 Å². The molecule has 37 heavy (non-hydrogen) atoms. The number of likely N-dealkylation sites (tertiary alicyclic amines) is 1. The SMILES string of the molecule is CC1=CC(C)C(NC(C)C2CCC(N3CC4C(C5CCC6CCCCC6C5)C(CCCN)CC43)N2)CC1. The molecule has 6 rings (SSSR count). The highest BCUT2D eigenvalue weighted by Crippen LogP contribution is 2.56. The van der Waals surface area contributed by atoms with E-state index >= 15 is 0 Å². The third-order valence-electron chi connectivity index (χ3n) is 12.5. The molecule has 4 heteroatoms. The van der Waals surface area contributed by atoms with Crippen molar-refractivity contribution in [2.45, 2.75) is 141 Å². The van der Waals surface area contributed by atoms with Gasteiger partial charge in [-0.2, -0.15) is 0 Å². The first-order valence-electron chi connectivity index (χ1n) is 16.7. The van der Waals surface area contributed by atoms with Crippen molar-refractivity contribution >= 4 is 0 Å². The van der Waals surface area contributed by atoms with Crippen LogP contribution in [-0.4, -0.2) is 48.3 Å². The van der Waals surface area contributed by atoms with E-state index in [9.17, 15) is 0 Å². The largest absolute Gasteiger partial charge is 0.330 e. The molecule has 3 saturated carbocycles. The molecule has 12 atom stereocenters. The molecule has 0 aromatic rings. The van der Waals surface area contributed by atoms with E-state index < -0.39 is 0 Å². The number of fused-ring (bicyclic) bond motifs is 2. The van der Waals surface area contributed by atoms with E-state index in [2.05, 4.69) is 42.4 Å². The molecule has 4 nitrogen and oxygen atoms in total. The van der Waals surface area contributed by atoms with Crippen LogP contribution in [0.25, 0.3) is 0 Å². The van der Waals surface area contributed by atoms with Gasteiger partial charge in [-0.05, 0) is 126 Å².